The fourth-order valence-corrected chi connectivity index (χ4v) is 3.08. The van der Waals surface area contributed by atoms with Gasteiger partial charge in [-0.25, -0.2) is 4.99 Å². The summed E-state index contributed by atoms with van der Waals surface area (Å²) in [5.74, 6) is 0. The first-order valence-corrected chi connectivity index (χ1v) is 7.15. The highest BCUT2D eigenvalue weighted by Crippen LogP contribution is 2.36. The SMILES string of the molecule is CC1=N/C(=C\c2ccccc2C)c2ccccc2S1. The summed E-state index contributed by atoms with van der Waals surface area (Å²) >= 11 is 1.74. The maximum atomic E-state index is 4.70. The summed E-state index contributed by atoms with van der Waals surface area (Å²) in [5, 5.41) is 1.10. The van der Waals surface area contributed by atoms with Crippen molar-refractivity contribution in [1.82, 2.24) is 0 Å². The highest BCUT2D eigenvalue weighted by atomic mass is 32.2. The molecule has 0 unspecified atom stereocenters. The zero-order valence-electron chi connectivity index (χ0n) is 11.1. The third-order valence-corrected chi connectivity index (χ3v) is 4.14. The second-order valence-corrected chi connectivity index (χ2v) is 5.85. The first kappa shape index (κ1) is 12.2. The fraction of sp³-hybridized carbons (Fsp3) is 0.118. The summed E-state index contributed by atoms with van der Waals surface area (Å²) in [6, 6.07) is 16.9. The standard InChI is InChI=1S/C17H15NS/c1-12-7-3-4-8-14(12)11-16-15-9-5-6-10-17(15)19-13(2)18-16/h3-11H,1-2H3/b16-11-. The van der Waals surface area contributed by atoms with Gasteiger partial charge in [0.1, 0.15) is 0 Å². The van der Waals surface area contributed by atoms with E-state index in [9.17, 15) is 0 Å². The molecule has 0 amide bonds. The molecule has 0 radical (unpaired) electrons. The molecule has 0 aliphatic carbocycles. The second kappa shape index (κ2) is 5.06. The van der Waals surface area contributed by atoms with E-state index < -0.39 is 0 Å². The number of hydrogen-bond acceptors (Lipinski definition) is 2. The molecule has 2 aromatic carbocycles. The van der Waals surface area contributed by atoms with Gasteiger partial charge in [-0.3, -0.25) is 0 Å². The van der Waals surface area contributed by atoms with Crippen molar-refractivity contribution in [2.75, 3.05) is 0 Å². The lowest BCUT2D eigenvalue weighted by molar-refractivity contribution is 1.35. The van der Waals surface area contributed by atoms with E-state index in [0.29, 0.717) is 0 Å². The number of fused-ring (bicyclic) bond motifs is 1. The Labute approximate surface area is 118 Å². The van der Waals surface area contributed by atoms with Gasteiger partial charge in [-0.1, -0.05) is 54.2 Å². The van der Waals surface area contributed by atoms with Gasteiger partial charge >= 0.3 is 0 Å². The number of benzene rings is 2. The Bertz CT molecular complexity index is 683. The number of rotatable bonds is 1. The lowest BCUT2D eigenvalue weighted by atomic mass is 10.0. The first-order valence-electron chi connectivity index (χ1n) is 6.34. The van der Waals surface area contributed by atoms with E-state index in [1.165, 1.54) is 21.6 Å². The molecule has 1 aliphatic heterocycles. The van der Waals surface area contributed by atoms with Crippen LogP contribution >= 0.6 is 11.8 Å². The van der Waals surface area contributed by atoms with Gasteiger partial charge in [0.15, 0.2) is 0 Å². The molecule has 0 bridgehead atoms. The maximum Gasteiger partial charge on any atom is 0.0755 e. The highest BCUT2D eigenvalue weighted by Gasteiger charge is 2.14. The Kier molecular flexibility index (Phi) is 3.26. The van der Waals surface area contributed by atoms with Gasteiger partial charge in [0.2, 0.25) is 0 Å². The number of hydrogen-bond donors (Lipinski definition) is 0. The summed E-state index contributed by atoms with van der Waals surface area (Å²) < 4.78 is 0. The molecule has 19 heavy (non-hydrogen) atoms. The van der Waals surface area contributed by atoms with Crippen molar-refractivity contribution in [3.8, 4) is 0 Å². The molecule has 3 rings (SSSR count). The third kappa shape index (κ3) is 2.49. The topological polar surface area (TPSA) is 12.4 Å². The smallest absolute Gasteiger partial charge is 0.0755 e. The number of aliphatic imine (C=N–C) groups is 1. The molecule has 0 saturated heterocycles. The zero-order chi connectivity index (χ0) is 13.2. The maximum absolute atomic E-state index is 4.70. The predicted octanol–water partition coefficient (Wildman–Crippen LogP) is 5.02. The Morgan fingerprint density at radius 3 is 2.53 bits per heavy atom. The van der Waals surface area contributed by atoms with Gasteiger partial charge in [0, 0.05) is 10.5 Å². The van der Waals surface area contributed by atoms with Crippen LogP contribution in [0, 0.1) is 6.92 Å². The summed E-state index contributed by atoms with van der Waals surface area (Å²) in [6.45, 7) is 4.19. The van der Waals surface area contributed by atoms with Crippen LogP contribution in [0.3, 0.4) is 0 Å². The quantitative estimate of drug-likeness (QED) is 0.705. The Balaban J connectivity index is 2.14. The number of nitrogens with zero attached hydrogens (tertiary/aromatic N) is 1. The number of thioether (sulfide) groups is 1. The molecule has 2 heteroatoms. The van der Waals surface area contributed by atoms with Crippen LogP contribution in [-0.4, -0.2) is 5.04 Å². The molecule has 0 fully saturated rings. The van der Waals surface area contributed by atoms with Crippen molar-refractivity contribution in [2.24, 2.45) is 4.99 Å². The summed E-state index contributed by atoms with van der Waals surface area (Å²) in [7, 11) is 0. The van der Waals surface area contributed by atoms with Crippen molar-refractivity contribution in [1.29, 1.82) is 0 Å². The molecular weight excluding hydrogens is 250 g/mol. The van der Waals surface area contributed by atoms with E-state index >= 15 is 0 Å². The molecule has 0 spiro atoms. The van der Waals surface area contributed by atoms with Crippen molar-refractivity contribution in [2.45, 2.75) is 18.7 Å². The average Bonchev–Trinajstić information content (AvgIpc) is 2.41. The van der Waals surface area contributed by atoms with E-state index in [1.807, 2.05) is 0 Å². The van der Waals surface area contributed by atoms with E-state index in [1.54, 1.807) is 11.8 Å². The molecule has 2 aromatic rings. The lowest BCUT2D eigenvalue weighted by Crippen LogP contribution is -1.97. The van der Waals surface area contributed by atoms with Crippen LogP contribution in [0.2, 0.25) is 0 Å². The van der Waals surface area contributed by atoms with E-state index in [2.05, 4.69) is 68.5 Å². The Hall–Kier alpha value is -1.80. The minimum Gasteiger partial charge on any atom is -0.246 e. The highest BCUT2D eigenvalue weighted by molar-refractivity contribution is 8.14. The largest absolute Gasteiger partial charge is 0.246 e. The van der Waals surface area contributed by atoms with E-state index in [-0.39, 0.29) is 0 Å². The van der Waals surface area contributed by atoms with Crippen molar-refractivity contribution >= 4 is 28.6 Å². The van der Waals surface area contributed by atoms with Gasteiger partial charge < -0.3 is 0 Å². The molecule has 0 saturated carbocycles. The molecular formula is C17H15NS. The minimum absolute atomic E-state index is 1.06. The van der Waals surface area contributed by atoms with Crippen molar-refractivity contribution in [3.63, 3.8) is 0 Å². The molecule has 0 aromatic heterocycles. The van der Waals surface area contributed by atoms with E-state index in [4.69, 9.17) is 4.99 Å². The van der Waals surface area contributed by atoms with Gasteiger partial charge in [-0.15, -0.1) is 0 Å². The second-order valence-electron chi connectivity index (χ2n) is 4.62. The van der Waals surface area contributed by atoms with Crippen LogP contribution in [0.5, 0.6) is 0 Å². The summed E-state index contributed by atoms with van der Waals surface area (Å²) in [4.78, 5) is 5.99. The van der Waals surface area contributed by atoms with Crippen LogP contribution in [0.1, 0.15) is 23.6 Å². The molecule has 1 aliphatic rings. The minimum atomic E-state index is 1.06. The van der Waals surface area contributed by atoms with Crippen LogP contribution in [-0.2, 0) is 0 Å². The predicted molar refractivity (Wildman–Crippen MR) is 84.5 cm³/mol. The van der Waals surface area contributed by atoms with Crippen molar-refractivity contribution in [3.05, 3.63) is 65.2 Å². The van der Waals surface area contributed by atoms with Gasteiger partial charge in [0.25, 0.3) is 0 Å². The van der Waals surface area contributed by atoms with Crippen LogP contribution in [0.15, 0.2) is 58.4 Å². The molecule has 1 nitrogen and oxygen atoms in total. The van der Waals surface area contributed by atoms with E-state index in [0.717, 1.165) is 10.7 Å². The van der Waals surface area contributed by atoms with Gasteiger partial charge in [-0.05, 0) is 37.1 Å². The summed E-state index contributed by atoms with van der Waals surface area (Å²) in [5.41, 5.74) is 4.79. The van der Waals surface area contributed by atoms with Crippen LogP contribution in [0.25, 0.3) is 11.8 Å². The van der Waals surface area contributed by atoms with Crippen molar-refractivity contribution < 1.29 is 0 Å². The number of aryl methyl sites for hydroxylation is 1. The molecule has 0 N–H and O–H groups in total. The van der Waals surface area contributed by atoms with Gasteiger partial charge in [0.05, 0.1) is 10.7 Å². The zero-order valence-corrected chi connectivity index (χ0v) is 11.9. The third-order valence-electron chi connectivity index (χ3n) is 3.18. The molecule has 0 atom stereocenters. The molecule has 1 heterocycles. The monoisotopic (exact) mass is 265 g/mol. The van der Waals surface area contributed by atoms with Crippen LogP contribution < -0.4 is 0 Å². The first-order chi connectivity index (χ1) is 9.24. The normalized spacial score (nSPS) is 16.1. The summed E-state index contributed by atoms with van der Waals surface area (Å²) in [6.07, 6.45) is 2.18. The van der Waals surface area contributed by atoms with Gasteiger partial charge in [-0.2, -0.15) is 0 Å². The average molecular weight is 265 g/mol. The molecule has 94 valence electrons. The Morgan fingerprint density at radius 1 is 0.947 bits per heavy atom. The fourth-order valence-electron chi connectivity index (χ4n) is 2.19. The van der Waals surface area contributed by atoms with Crippen LogP contribution in [0.4, 0.5) is 0 Å². The lowest BCUT2D eigenvalue weighted by Gasteiger charge is -2.16. The Morgan fingerprint density at radius 2 is 1.68 bits per heavy atom.